The zero-order valence-corrected chi connectivity index (χ0v) is 18.8. The number of carbonyl (C=O) groups excluding carboxylic acids is 1. The van der Waals surface area contributed by atoms with Gasteiger partial charge in [0.05, 0.1) is 7.11 Å². The molecule has 0 aliphatic carbocycles. The van der Waals surface area contributed by atoms with Gasteiger partial charge < -0.3 is 19.4 Å². The van der Waals surface area contributed by atoms with Crippen molar-refractivity contribution in [1.29, 1.82) is 0 Å². The van der Waals surface area contributed by atoms with Crippen LogP contribution in [0.1, 0.15) is 22.8 Å². The molecular formula is C25H34N4O2. The SMILES string of the molecule is CCN1CCN(C(=O)c2ccc(CN3CCN(c4ccc(OC)cc4)CC3)cc2)CC1. The molecule has 166 valence electrons. The van der Waals surface area contributed by atoms with E-state index in [0.717, 1.165) is 76.8 Å². The van der Waals surface area contributed by atoms with Crippen LogP contribution in [0.15, 0.2) is 48.5 Å². The molecule has 1 amide bonds. The minimum Gasteiger partial charge on any atom is -0.497 e. The second kappa shape index (κ2) is 10.2. The van der Waals surface area contributed by atoms with Gasteiger partial charge in [-0.15, -0.1) is 0 Å². The van der Waals surface area contributed by atoms with Gasteiger partial charge in [0.25, 0.3) is 5.91 Å². The summed E-state index contributed by atoms with van der Waals surface area (Å²) in [7, 11) is 1.70. The molecule has 0 aromatic heterocycles. The first-order valence-electron chi connectivity index (χ1n) is 11.4. The number of anilines is 1. The number of benzene rings is 2. The summed E-state index contributed by atoms with van der Waals surface area (Å²) in [6.07, 6.45) is 0. The highest BCUT2D eigenvalue weighted by Gasteiger charge is 2.22. The van der Waals surface area contributed by atoms with Crippen molar-refractivity contribution in [2.75, 3.05) is 70.9 Å². The van der Waals surface area contributed by atoms with Gasteiger partial charge in [0.15, 0.2) is 0 Å². The van der Waals surface area contributed by atoms with Crippen molar-refractivity contribution in [3.05, 3.63) is 59.7 Å². The molecule has 2 saturated heterocycles. The highest BCUT2D eigenvalue weighted by atomic mass is 16.5. The van der Waals surface area contributed by atoms with Crippen molar-refractivity contribution >= 4 is 11.6 Å². The van der Waals surface area contributed by atoms with Crippen LogP contribution in [0.5, 0.6) is 5.75 Å². The van der Waals surface area contributed by atoms with E-state index in [1.165, 1.54) is 11.3 Å². The second-order valence-electron chi connectivity index (χ2n) is 8.38. The lowest BCUT2D eigenvalue weighted by Gasteiger charge is -2.36. The van der Waals surface area contributed by atoms with Crippen molar-refractivity contribution in [2.45, 2.75) is 13.5 Å². The molecule has 0 spiro atoms. The van der Waals surface area contributed by atoms with Gasteiger partial charge in [0, 0.05) is 70.2 Å². The summed E-state index contributed by atoms with van der Waals surface area (Å²) < 4.78 is 5.25. The topological polar surface area (TPSA) is 39.3 Å². The molecule has 2 heterocycles. The summed E-state index contributed by atoms with van der Waals surface area (Å²) in [6, 6.07) is 16.5. The van der Waals surface area contributed by atoms with E-state index in [0.29, 0.717) is 0 Å². The first-order valence-corrected chi connectivity index (χ1v) is 11.4. The van der Waals surface area contributed by atoms with Gasteiger partial charge in [-0.05, 0) is 48.5 Å². The van der Waals surface area contributed by atoms with Gasteiger partial charge in [0.1, 0.15) is 5.75 Å². The standard InChI is InChI=1S/C25H34N4O2/c1-3-26-12-18-29(19-13-26)25(30)22-6-4-21(5-7-22)20-27-14-16-28(17-15-27)23-8-10-24(31-2)11-9-23/h4-11H,3,12-20H2,1-2H3. The number of methoxy groups -OCH3 is 1. The average molecular weight is 423 g/mol. The number of carbonyl (C=O) groups is 1. The molecule has 0 atom stereocenters. The Hall–Kier alpha value is -2.57. The molecule has 2 aliphatic rings. The molecule has 0 N–H and O–H groups in total. The predicted octanol–water partition coefficient (Wildman–Crippen LogP) is 2.80. The molecule has 4 rings (SSSR count). The van der Waals surface area contributed by atoms with Crippen LogP contribution in [0.3, 0.4) is 0 Å². The molecule has 0 saturated carbocycles. The molecule has 2 aromatic rings. The molecule has 31 heavy (non-hydrogen) atoms. The third-order valence-electron chi connectivity index (χ3n) is 6.52. The van der Waals surface area contributed by atoms with Gasteiger partial charge in [-0.2, -0.15) is 0 Å². The summed E-state index contributed by atoms with van der Waals surface area (Å²) in [5.74, 6) is 1.06. The Labute approximate surface area is 186 Å². The third kappa shape index (κ3) is 5.38. The first kappa shape index (κ1) is 21.7. The predicted molar refractivity (Wildman–Crippen MR) is 125 cm³/mol. The highest BCUT2D eigenvalue weighted by molar-refractivity contribution is 5.94. The Morgan fingerprint density at radius 1 is 0.806 bits per heavy atom. The number of hydrogen-bond acceptors (Lipinski definition) is 5. The van der Waals surface area contributed by atoms with Crippen LogP contribution >= 0.6 is 0 Å². The quantitative estimate of drug-likeness (QED) is 0.716. The average Bonchev–Trinajstić information content (AvgIpc) is 2.85. The molecule has 0 bridgehead atoms. The number of rotatable bonds is 6. The van der Waals surface area contributed by atoms with E-state index >= 15 is 0 Å². The minimum absolute atomic E-state index is 0.162. The monoisotopic (exact) mass is 422 g/mol. The Kier molecular flexibility index (Phi) is 7.10. The van der Waals surface area contributed by atoms with Gasteiger partial charge in [-0.3, -0.25) is 9.69 Å². The van der Waals surface area contributed by atoms with Crippen LogP contribution in [0.4, 0.5) is 5.69 Å². The van der Waals surface area contributed by atoms with Crippen LogP contribution in [-0.2, 0) is 6.54 Å². The number of hydrogen-bond donors (Lipinski definition) is 0. The lowest BCUT2D eigenvalue weighted by molar-refractivity contribution is 0.0643. The first-order chi connectivity index (χ1) is 15.2. The van der Waals surface area contributed by atoms with E-state index in [1.54, 1.807) is 7.11 Å². The zero-order valence-electron chi connectivity index (χ0n) is 18.8. The molecule has 0 unspecified atom stereocenters. The summed E-state index contributed by atoms with van der Waals surface area (Å²) in [6.45, 7) is 11.9. The van der Waals surface area contributed by atoms with E-state index in [2.05, 4.69) is 45.9 Å². The molecule has 2 fully saturated rings. The lowest BCUT2D eigenvalue weighted by atomic mass is 10.1. The smallest absolute Gasteiger partial charge is 0.253 e. The van der Waals surface area contributed by atoms with Crippen LogP contribution in [0, 0.1) is 0 Å². The fraction of sp³-hybridized carbons (Fsp3) is 0.480. The second-order valence-corrected chi connectivity index (χ2v) is 8.38. The molecule has 6 heteroatoms. The van der Waals surface area contributed by atoms with Crippen molar-refractivity contribution in [3.63, 3.8) is 0 Å². The normalized spacial score (nSPS) is 18.3. The maximum Gasteiger partial charge on any atom is 0.253 e. The van der Waals surface area contributed by atoms with E-state index < -0.39 is 0 Å². The van der Waals surface area contributed by atoms with Gasteiger partial charge in [-0.1, -0.05) is 19.1 Å². The molecule has 6 nitrogen and oxygen atoms in total. The largest absolute Gasteiger partial charge is 0.497 e. The number of ether oxygens (including phenoxy) is 1. The maximum atomic E-state index is 12.8. The van der Waals surface area contributed by atoms with Crippen LogP contribution in [0.2, 0.25) is 0 Å². The summed E-state index contributed by atoms with van der Waals surface area (Å²) >= 11 is 0. The highest BCUT2D eigenvalue weighted by Crippen LogP contribution is 2.21. The van der Waals surface area contributed by atoms with Crippen molar-refractivity contribution in [1.82, 2.24) is 14.7 Å². The van der Waals surface area contributed by atoms with Crippen molar-refractivity contribution in [3.8, 4) is 5.75 Å². The van der Waals surface area contributed by atoms with Gasteiger partial charge >= 0.3 is 0 Å². The Balaban J connectivity index is 1.26. The van der Waals surface area contributed by atoms with E-state index in [1.807, 2.05) is 29.2 Å². The third-order valence-corrected chi connectivity index (χ3v) is 6.52. The Bertz CT molecular complexity index is 837. The molecule has 2 aromatic carbocycles. The van der Waals surface area contributed by atoms with Gasteiger partial charge in [-0.25, -0.2) is 0 Å². The van der Waals surface area contributed by atoms with Crippen LogP contribution in [0.25, 0.3) is 0 Å². The molecule has 0 radical (unpaired) electrons. The van der Waals surface area contributed by atoms with Crippen molar-refractivity contribution < 1.29 is 9.53 Å². The fourth-order valence-corrected chi connectivity index (χ4v) is 4.42. The number of likely N-dealkylation sites (N-methyl/N-ethyl adjacent to an activating group) is 1. The van der Waals surface area contributed by atoms with E-state index in [9.17, 15) is 4.79 Å². The molecular weight excluding hydrogens is 388 g/mol. The van der Waals surface area contributed by atoms with Crippen molar-refractivity contribution in [2.24, 2.45) is 0 Å². The maximum absolute atomic E-state index is 12.8. The summed E-state index contributed by atoms with van der Waals surface area (Å²) in [4.78, 5) is 22.1. The van der Waals surface area contributed by atoms with E-state index in [-0.39, 0.29) is 5.91 Å². The van der Waals surface area contributed by atoms with Crippen LogP contribution < -0.4 is 9.64 Å². The van der Waals surface area contributed by atoms with E-state index in [4.69, 9.17) is 4.74 Å². The number of piperazine rings is 2. The minimum atomic E-state index is 0.162. The summed E-state index contributed by atoms with van der Waals surface area (Å²) in [5.41, 5.74) is 3.33. The number of nitrogens with zero attached hydrogens (tertiary/aromatic N) is 4. The Morgan fingerprint density at radius 2 is 1.42 bits per heavy atom. The summed E-state index contributed by atoms with van der Waals surface area (Å²) in [5, 5.41) is 0. The van der Waals surface area contributed by atoms with Crippen LogP contribution in [-0.4, -0.2) is 86.6 Å². The van der Waals surface area contributed by atoms with Gasteiger partial charge in [0.2, 0.25) is 0 Å². The molecule has 2 aliphatic heterocycles. The fourth-order valence-electron chi connectivity index (χ4n) is 4.42. The lowest BCUT2D eigenvalue weighted by Crippen LogP contribution is -2.48. The Morgan fingerprint density at radius 3 is 2.00 bits per heavy atom. The number of amides is 1. The zero-order chi connectivity index (χ0) is 21.6.